The van der Waals surface area contributed by atoms with E-state index in [0.717, 1.165) is 12.1 Å². The average Bonchev–Trinajstić information content (AvgIpc) is 2.76. The van der Waals surface area contributed by atoms with Gasteiger partial charge in [-0.05, 0) is 17.9 Å². The molecule has 2 rings (SSSR count). The first kappa shape index (κ1) is 11.1. The van der Waals surface area contributed by atoms with E-state index < -0.39 is 0 Å². The number of amides is 2. The van der Waals surface area contributed by atoms with E-state index >= 15 is 0 Å². The predicted octanol–water partition coefficient (Wildman–Crippen LogP) is 1.38. The fourth-order valence-electron chi connectivity index (χ4n) is 1.83. The van der Waals surface area contributed by atoms with Crippen LogP contribution in [0.4, 0.5) is 5.69 Å². The summed E-state index contributed by atoms with van der Waals surface area (Å²) in [6.45, 7) is 2.14. The van der Waals surface area contributed by atoms with Crippen LogP contribution in [0.2, 0.25) is 0 Å². The van der Waals surface area contributed by atoms with Gasteiger partial charge in [0.25, 0.3) is 0 Å². The highest BCUT2D eigenvalue weighted by molar-refractivity contribution is 7.08. The first-order chi connectivity index (χ1) is 7.72. The maximum Gasteiger partial charge on any atom is 0.250 e. The number of piperazine rings is 1. The van der Waals surface area contributed by atoms with Gasteiger partial charge in [-0.25, -0.2) is 0 Å². The van der Waals surface area contributed by atoms with Gasteiger partial charge in [0, 0.05) is 5.38 Å². The molecule has 86 valence electrons. The quantitative estimate of drug-likeness (QED) is 0.865. The van der Waals surface area contributed by atoms with Gasteiger partial charge in [-0.1, -0.05) is 13.3 Å². The number of rotatable bonds is 3. The Balaban J connectivity index is 2.19. The second kappa shape index (κ2) is 4.65. The maximum atomic E-state index is 12.1. The minimum absolute atomic E-state index is 0.000139. The molecule has 0 aromatic carbocycles. The van der Waals surface area contributed by atoms with E-state index in [-0.39, 0.29) is 24.4 Å². The molecule has 4 nitrogen and oxygen atoms in total. The summed E-state index contributed by atoms with van der Waals surface area (Å²) in [4.78, 5) is 25.1. The Kier molecular flexibility index (Phi) is 3.24. The lowest BCUT2D eigenvalue weighted by Crippen LogP contribution is -2.58. The molecular formula is C11H14N2O2S. The average molecular weight is 238 g/mol. The number of thiophene rings is 1. The maximum absolute atomic E-state index is 12.1. The van der Waals surface area contributed by atoms with Gasteiger partial charge in [0.05, 0.1) is 5.69 Å². The second-order valence-corrected chi connectivity index (χ2v) is 4.59. The fraction of sp³-hybridized carbons (Fsp3) is 0.455. The molecule has 5 heteroatoms. The molecule has 1 aliphatic rings. The summed E-state index contributed by atoms with van der Waals surface area (Å²) >= 11 is 1.53. The van der Waals surface area contributed by atoms with E-state index in [1.54, 1.807) is 4.90 Å². The smallest absolute Gasteiger partial charge is 0.250 e. The van der Waals surface area contributed by atoms with E-state index in [1.165, 1.54) is 11.3 Å². The number of carbonyl (C=O) groups is 2. The van der Waals surface area contributed by atoms with Crippen LogP contribution >= 0.6 is 11.3 Å². The lowest BCUT2D eigenvalue weighted by Gasteiger charge is -2.31. The van der Waals surface area contributed by atoms with Crippen molar-refractivity contribution >= 4 is 28.8 Å². The molecular weight excluding hydrogens is 224 g/mol. The van der Waals surface area contributed by atoms with E-state index in [4.69, 9.17) is 0 Å². The lowest BCUT2D eigenvalue weighted by atomic mass is 10.1. The number of carbonyl (C=O) groups excluding carboxylic acids is 2. The fourth-order valence-corrected chi connectivity index (χ4v) is 2.47. The van der Waals surface area contributed by atoms with Crippen LogP contribution in [-0.2, 0) is 9.59 Å². The Labute approximate surface area is 98.3 Å². The van der Waals surface area contributed by atoms with Crippen molar-refractivity contribution in [1.29, 1.82) is 0 Å². The summed E-state index contributed by atoms with van der Waals surface area (Å²) in [5, 5.41) is 6.53. The molecule has 1 N–H and O–H groups in total. The van der Waals surface area contributed by atoms with Crippen LogP contribution in [0.3, 0.4) is 0 Å². The zero-order chi connectivity index (χ0) is 11.5. The van der Waals surface area contributed by atoms with Gasteiger partial charge < -0.3 is 10.2 Å². The Morgan fingerprint density at radius 1 is 1.56 bits per heavy atom. The lowest BCUT2D eigenvalue weighted by molar-refractivity contribution is -0.131. The normalized spacial score (nSPS) is 21.1. The number of nitrogens with zero attached hydrogens (tertiary/aromatic N) is 1. The number of hydrogen-bond donors (Lipinski definition) is 1. The molecule has 0 bridgehead atoms. The van der Waals surface area contributed by atoms with Crippen molar-refractivity contribution in [2.45, 2.75) is 25.8 Å². The molecule has 1 aliphatic heterocycles. The van der Waals surface area contributed by atoms with Crippen molar-refractivity contribution in [2.24, 2.45) is 0 Å². The van der Waals surface area contributed by atoms with Crippen LogP contribution in [0.25, 0.3) is 0 Å². The zero-order valence-electron chi connectivity index (χ0n) is 9.10. The zero-order valence-corrected chi connectivity index (χ0v) is 9.92. The van der Waals surface area contributed by atoms with Crippen molar-refractivity contribution in [1.82, 2.24) is 5.32 Å². The third-order valence-electron chi connectivity index (χ3n) is 2.60. The van der Waals surface area contributed by atoms with E-state index in [0.29, 0.717) is 6.42 Å². The standard InChI is InChI=1S/C11H14N2O2S/c1-2-3-9-11(15)13(6-10(14)12-9)8-4-5-16-7-8/h4-5,7,9H,2-3,6H2,1H3,(H,12,14). The summed E-state index contributed by atoms with van der Waals surface area (Å²) in [6, 6.07) is 1.51. The van der Waals surface area contributed by atoms with Crippen molar-refractivity contribution in [3.05, 3.63) is 16.8 Å². The van der Waals surface area contributed by atoms with Crippen LogP contribution in [0.5, 0.6) is 0 Å². The Bertz CT molecular complexity index is 389. The van der Waals surface area contributed by atoms with Crippen LogP contribution in [0.15, 0.2) is 16.8 Å². The van der Waals surface area contributed by atoms with Crippen LogP contribution < -0.4 is 10.2 Å². The molecule has 1 fully saturated rings. The predicted molar refractivity (Wildman–Crippen MR) is 63.5 cm³/mol. The second-order valence-electron chi connectivity index (χ2n) is 3.81. The van der Waals surface area contributed by atoms with Gasteiger partial charge in [-0.15, -0.1) is 0 Å². The van der Waals surface area contributed by atoms with Crippen molar-refractivity contribution < 1.29 is 9.59 Å². The van der Waals surface area contributed by atoms with Crippen molar-refractivity contribution in [3.8, 4) is 0 Å². The van der Waals surface area contributed by atoms with Crippen molar-refractivity contribution in [2.75, 3.05) is 11.4 Å². The highest BCUT2D eigenvalue weighted by Crippen LogP contribution is 2.21. The Morgan fingerprint density at radius 3 is 3.00 bits per heavy atom. The van der Waals surface area contributed by atoms with Crippen LogP contribution in [-0.4, -0.2) is 24.4 Å². The summed E-state index contributed by atoms with van der Waals surface area (Å²) < 4.78 is 0. The highest BCUT2D eigenvalue weighted by Gasteiger charge is 2.32. The molecule has 1 aromatic rings. The first-order valence-corrected chi connectivity index (χ1v) is 6.29. The Hall–Kier alpha value is -1.36. The summed E-state index contributed by atoms with van der Waals surface area (Å²) in [5.41, 5.74) is 0.825. The molecule has 0 spiro atoms. The van der Waals surface area contributed by atoms with E-state index in [2.05, 4.69) is 5.32 Å². The SMILES string of the molecule is CCCC1NC(=O)CN(c2ccsc2)C1=O. The molecule has 0 saturated carbocycles. The first-order valence-electron chi connectivity index (χ1n) is 5.35. The van der Waals surface area contributed by atoms with Crippen LogP contribution in [0.1, 0.15) is 19.8 Å². The van der Waals surface area contributed by atoms with E-state index in [1.807, 2.05) is 23.8 Å². The summed E-state index contributed by atoms with van der Waals surface area (Å²) in [5.74, 6) is -0.0795. The number of nitrogens with one attached hydrogen (secondary N) is 1. The molecule has 1 atom stereocenters. The third-order valence-corrected chi connectivity index (χ3v) is 3.27. The molecule has 2 heterocycles. The van der Waals surface area contributed by atoms with Gasteiger partial charge >= 0.3 is 0 Å². The summed E-state index contributed by atoms with van der Waals surface area (Å²) in [6.07, 6.45) is 1.58. The monoisotopic (exact) mass is 238 g/mol. The molecule has 16 heavy (non-hydrogen) atoms. The molecule has 1 saturated heterocycles. The van der Waals surface area contributed by atoms with Gasteiger partial charge in [-0.2, -0.15) is 11.3 Å². The molecule has 0 aliphatic carbocycles. The molecule has 1 aromatic heterocycles. The topological polar surface area (TPSA) is 49.4 Å². The van der Waals surface area contributed by atoms with Gasteiger partial charge in [0.2, 0.25) is 11.8 Å². The molecule has 1 unspecified atom stereocenters. The van der Waals surface area contributed by atoms with Gasteiger partial charge in [0.1, 0.15) is 12.6 Å². The molecule has 0 radical (unpaired) electrons. The molecule has 2 amide bonds. The minimum atomic E-state index is -0.355. The number of hydrogen-bond acceptors (Lipinski definition) is 3. The Morgan fingerprint density at radius 2 is 2.38 bits per heavy atom. The largest absolute Gasteiger partial charge is 0.343 e. The highest BCUT2D eigenvalue weighted by atomic mass is 32.1. The van der Waals surface area contributed by atoms with Gasteiger partial charge in [-0.3, -0.25) is 9.59 Å². The third kappa shape index (κ3) is 2.09. The summed E-state index contributed by atoms with van der Waals surface area (Å²) in [7, 11) is 0. The van der Waals surface area contributed by atoms with Crippen molar-refractivity contribution in [3.63, 3.8) is 0 Å². The van der Waals surface area contributed by atoms with Gasteiger partial charge in [0.15, 0.2) is 0 Å². The van der Waals surface area contributed by atoms with E-state index in [9.17, 15) is 9.59 Å². The number of anilines is 1. The van der Waals surface area contributed by atoms with Crippen LogP contribution in [0, 0.1) is 0 Å². The minimum Gasteiger partial charge on any atom is -0.343 e.